The maximum absolute atomic E-state index is 13.6. The Hall–Kier alpha value is -2.58. The van der Waals surface area contributed by atoms with Gasteiger partial charge in [-0.3, -0.25) is 4.79 Å². The van der Waals surface area contributed by atoms with Gasteiger partial charge in [0.25, 0.3) is 5.91 Å². The fraction of sp³-hybridized carbons (Fsp3) is 0.286. The minimum atomic E-state index is -4.56. The van der Waals surface area contributed by atoms with Gasteiger partial charge in [-0.2, -0.15) is 13.2 Å². The lowest BCUT2D eigenvalue weighted by Gasteiger charge is -2.08. The molecule has 0 saturated carbocycles. The summed E-state index contributed by atoms with van der Waals surface area (Å²) in [5.74, 6) is -3.17. The number of rotatable bonds is 4. The van der Waals surface area contributed by atoms with Gasteiger partial charge in [-0.1, -0.05) is 12.1 Å². The van der Waals surface area contributed by atoms with Gasteiger partial charge in [0, 0.05) is 10.9 Å². The highest BCUT2D eigenvalue weighted by molar-refractivity contribution is 5.96. The van der Waals surface area contributed by atoms with Crippen LogP contribution in [0.25, 0.3) is 11.0 Å². The number of halogens is 4. The number of hydrogen-bond acceptors (Lipinski definition) is 4. The van der Waals surface area contributed by atoms with Crippen molar-refractivity contribution in [1.29, 1.82) is 0 Å². The van der Waals surface area contributed by atoms with E-state index in [0.29, 0.717) is 10.9 Å². The molecule has 1 aromatic heterocycles. The third kappa shape index (κ3) is 3.99. The number of esters is 1. The van der Waals surface area contributed by atoms with Gasteiger partial charge in [0.1, 0.15) is 6.54 Å². The highest BCUT2D eigenvalue weighted by Gasteiger charge is 2.28. The number of furan rings is 1. The molecule has 5 nitrogen and oxygen atoms in total. The predicted octanol–water partition coefficient (Wildman–Crippen LogP) is 2.72. The molecule has 0 aliphatic heterocycles. The van der Waals surface area contributed by atoms with Gasteiger partial charge in [0.15, 0.2) is 18.0 Å². The molecule has 0 atom stereocenters. The van der Waals surface area contributed by atoms with E-state index in [-0.39, 0.29) is 11.3 Å². The molecular weight excluding hydrogens is 322 g/mol. The maximum Gasteiger partial charge on any atom is 0.405 e. The van der Waals surface area contributed by atoms with Gasteiger partial charge < -0.3 is 14.5 Å². The average Bonchev–Trinajstić information content (AvgIpc) is 2.81. The topological polar surface area (TPSA) is 68.5 Å². The number of amides is 1. The Morgan fingerprint density at radius 3 is 2.61 bits per heavy atom. The van der Waals surface area contributed by atoms with Crippen molar-refractivity contribution in [1.82, 2.24) is 5.32 Å². The Kier molecular flexibility index (Phi) is 4.57. The molecule has 9 heteroatoms. The third-order valence-electron chi connectivity index (χ3n) is 2.92. The van der Waals surface area contributed by atoms with E-state index >= 15 is 0 Å². The first-order valence-electron chi connectivity index (χ1n) is 6.37. The number of hydrogen-bond donors (Lipinski definition) is 1. The van der Waals surface area contributed by atoms with Crippen molar-refractivity contribution in [3.05, 3.63) is 35.3 Å². The lowest BCUT2D eigenvalue weighted by Crippen LogP contribution is -2.36. The molecule has 0 aliphatic carbocycles. The lowest BCUT2D eigenvalue weighted by atomic mass is 10.1. The van der Waals surface area contributed by atoms with Crippen molar-refractivity contribution < 1.29 is 36.3 Å². The quantitative estimate of drug-likeness (QED) is 0.690. The molecule has 0 fully saturated rings. The number of benzene rings is 1. The Balaban J connectivity index is 2.03. The lowest BCUT2D eigenvalue weighted by molar-refractivity contribution is -0.140. The van der Waals surface area contributed by atoms with Crippen LogP contribution in [0.5, 0.6) is 0 Å². The molecule has 2 rings (SSSR count). The van der Waals surface area contributed by atoms with Crippen LogP contribution in [0.1, 0.15) is 16.1 Å². The third-order valence-corrected chi connectivity index (χ3v) is 2.92. The summed E-state index contributed by atoms with van der Waals surface area (Å²) in [6.07, 6.45) is -4.56. The summed E-state index contributed by atoms with van der Waals surface area (Å²) in [6, 6.07) is 4.11. The summed E-state index contributed by atoms with van der Waals surface area (Å²) >= 11 is 0. The van der Waals surface area contributed by atoms with E-state index in [1.54, 1.807) is 5.32 Å². The van der Waals surface area contributed by atoms with E-state index in [2.05, 4.69) is 4.74 Å². The zero-order valence-corrected chi connectivity index (χ0v) is 11.8. The largest absolute Gasteiger partial charge is 0.450 e. The van der Waals surface area contributed by atoms with Crippen LogP contribution in [0.15, 0.2) is 22.6 Å². The van der Waals surface area contributed by atoms with Crippen molar-refractivity contribution in [3.8, 4) is 0 Å². The van der Waals surface area contributed by atoms with Crippen LogP contribution in [0.3, 0.4) is 0 Å². The Bertz CT molecular complexity index is 751. The van der Waals surface area contributed by atoms with Gasteiger partial charge >= 0.3 is 12.1 Å². The summed E-state index contributed by atoms with van der Waals surface area (Å²) in [5, 5.41) is 1.91. The molecular formula is C14H11F4NO4. The number of fused-ring (bicyclic) bond motifs is 1. The van der Waals surface area contributed by atoms with E-state index in [4.69, 9.17) is 4.42 Å². The van der Waals surface area contributed by atoms with Gasteiger partial charge in [-0.25, -0.2) is 9.18 Å². The van der Waals surface area contributed by atoms with Crippen LogP contribution < -0.4 is 5.32 Å². The highest BCUT2D eigenvalue weighted by Crippen LogP contribution is 2.27. The number of nitrogens with one attached hydrogen (secondary N) is 1. The number of carbonyl (C=O) groups excluding carboxylic acids is 2. The molecule has 2 aromatic rings. The molecule has 1 aromatic carbocycles. The standard InChI is InChI=1S/C14H11F4NO4/c1-7-8-3-2-4-9(15)12(8)23-11(7)13(21)22-5-10(20)19-6-14(16,17)18/h2-4H,5-6H2,1H3,(H,19,20). The number of aryl methyl sites for hydroxylation is 1. The summed E-state index contributed by atoms with van der Waals surface area (Å²) in [5.41, 5.74) is 0.165. The molecule has 0 radical (unpaired) electrons. The summed E-state index contributed by atoms with van der Waals surface area (Å²) in [6.45, 7) is -0.947. The summed E-state index contributed by atoms with van der Waals surface area (Å²) < 4.78 is 58.9. The number of para-hydroxylation sites is 1. The minimum Gasteiger partial charge on any atom is -0.450 e. The van der Waals surface area contributed by atoms with Crippen LogP contribution in [0.4, 0.5) is 17.6 Å². The molecule has 1 amide bonds. The Morgan fingerprint density at radius 2 is 2.00 bits per heavy atom. The SMILES string of the molecule is Cc1c(C(=O)OCC(=O)NCC(F)(F)F)oc2c(F)cccc12. The molecule has 0 aliphatic rings. The summed E-state index contributed by atoms with van der Waals surface area (Å²) in [7, 11) is 0. The molecule has 124 valence electrons. The average molecular weight is 333 g/mol. The predicted molar refractivity (Wildman–Crippen MR) is 70.3 cm³/mol. The van der Waals surface area contributed by atoms with Crippen LogP contribution >= 0.6 is 0 Å². The van der Waals surface area contributed by atoms with Gasteiger partial charge in [-0.05, 0) is 13.0 Å². The zero-order chi connectivity index (χ0) is 17.2. The fourth-order valence-corrected chi connectivity index (χ4v) is 1.85. The van der Waals surface area contributed by atoms with Gasteiger partial charge in [-0.15, -0.1) is 0 Å². The Morgan fingerprint density at radius 1 is 1.30 bits per heavy atom. The first-order valence-corrected chi connectivity index (χ1v) is 6.37. The van der Waals surface area contributed by atoms with Crippen molar-refractivity contribution in [2.24, 2.45) is 0 Å². The van der Waals surface area contributed by atoms with Crippen LogP contribution in [0.2, 0.25) is 0 Å². The van der Waals surface area contributed by atoms with Crippen LogP contribution in [0, 0.1) is 12.7 Å². The number of carbonyl (C=O) groups is 2. The first kappa shape index (κ1) is 16.8. The smallest absolute Gasteiger partial charge is 0.405 e. The molecule has 0 saturated heterocycles. The zero-order valence-electron chi connectivity index (χ0n) is 11.8. The molecule has 0 spiro atoms. The van der Waals surface area contributed by atoms with Crippen LogP contribution in [-0.2, 0) is 9.53 Å². The van der Waals surface area contributed by atoms with E-state index in [1.165, 1.54) is 19.1 Å². The van der Waals surface area contributed by atoms with E-state index in [0.717, 1.165) is 6.07 Å². The molecule has 0 bridgehead atoms. The number of alkyl halides is 3. The van der Waals surface area contributed by atoms with Crippen molar-refractivity contribution in [2.75, 3.05) is 13.2 Å². The molecule has 23 heavy (non-hydrogen) atoms. The maximum atomic E-state index is 13.6. The van der Waals surface area contributed by atoms with Crippen LogP contribution in [-0.4, -0.2) is 31.2 Å². The second-order valence-corrected chi connectivity index (χ2v) is 4.64. The second-order valence-electron chi connectivity index (χ2n) is 4.64. The van der Waals surface area contributed by atoms with Gasteiger partial charge in [0.05, 0.1) is 0 Å². The monoisotopic (exact) mass is 333 g/mol. The van der Waals surface area contributed by atoms with Crippen molar-refractivity contribution >= 4 is 22.8 Å². The van der Waals surface area contributed by atoms with E-state index in [9.17, 15) is 27.2 Å². The Labute approximate surface area is 127 Å². The van der Waals surface area contributed by atoms with Crippen molar-refractivity contribution in [2.45, 2.75) is 13.1 Å². The number of ether oxygens (including phenoxy) is 1. The van der Waals surface area contributed by atoms with Crippen molar-refractivity contribution in [3.63, 3.8) is 0 Å². The van der Waals surface area contributed by atoms with E-state index in [1.807, 2.05) is 0 Å². The van der Waals surface area contributed by atoms with E-state index < -0.39 is 37.0 Å². The molecule has 1 heterocycles. The summed E-state index contributed by atoms with van der Waals surface area (Å²) in [4.78, 5) is 23.0. The molecule has 1 N–H and O–H groups in total. The second kappa shape index (κ2) is 6.27. The minimum absolute atomic E-state index is 0.140. The molecule has 0 unspecified atom stereocenters. The fourth-order valence-electron chi connectivity index (χ4n) is 1.85. The van der Waals surface area contributed by atoms with Gasteiger partial charge in [0.2, 0.25) is 5.76 Å². The highest BCUT2D eigenvalue weighted by atomic mass is 19.4. The normalized spacial score (nSPS) is 11.5. The first-order chi connectivity index (χ1) is 10.7.